The summed E-state index contributed by atoms with van der Waals surface area (Å²) in [5, 5.41) is 1.34. The van der Waals surface area contributed by atoms with Gasteiger partial charge < -0.3 is 0 Å². The third-order valence-corrected chi connectivity index (χ3v) is 4.77. The molecule has 0 nitrogen and oxygen atoms in total. The van der Waals surface area contributed by atoms with Crippen molar-refractivity contribution in [1.29, 1.82) is 0 Å². The van der Waals surface area contributed by atoms with Crippen molar-refractivity contribution in [1.82, 2.24) is 0 Å². The van der Waals surface area contributed by atoms with Crippen LogP contribution in [0.2, 0.25) is 0 Å². The van der Waals surface area contributed by atoms with Crippen molar-refractivity contribution in [2.45, 2.75) is 62.3 Å². The van der Waals surface area contributed by atoms with E-state index >= 15 is 0 Å². The van der Waals surface area contributed by atoms with Crippen LogP contribution < -0.4 is 5.30 Å². The highest BCUT2D eigenvalue weighted by Crippen LogP contribution is 2.36. The van der Waals surface area contributed by atoms with Crippen LogP contribution in [0.5, 0.6) is 0 Å². The van der Waals surface area contributed by atoms with Gasteiger partial charge in [-0.1, -0.05) is 40.9 Å². The van der Waals surface area contributed by atoms with E-state index in [0.717, 1.165) is 0 Å². The summed E-state index contributed by atoms with van der Waals surface area (Å²) in [7, 11) is -0.761. The summed E-state index contributed by atoms with van der Waals surface area (Å²) < 4.78 is 0. The van der Waals surface area contributed by atoms with Crippen molar-refractivity contribution in [3.63, 3.8) is 0 Å². The first-order valence-electron chi connectivity index (χ1n) is 7.83. The zero-order chi connectivity index (χ0) is 17.1. The van der Waals surface area contributed by atoms with Crippen molar-refractivity contribution in [3.05, 3.63) is 28.8 Å². The summed E-state index contributed by atoms with van der Waals surface area (Å²) >= 11 is 0. The lowest BCUT2D eigenvalue weighted by Gasteiger charge is -2.15. The van der Waals surface area contributed by atoms with Crippen LogP contribution in [0.25, 0.3) is 0 Å². The first-order valence-corrected chi connectivity index (χ1v) is 9.17. The lowest BCUT2D eigenvalue weighted by molar-refractivity contribution is 0.571. The maximum atomic E-state index is 3.49. The molecule has 0 saturated carbocycles. The quantitative estimate of drug-likeness (QED) is 0.458. The number of aryl methyl sites for hydroxylation is 3. The summed E-state index contributed by atoms with van der Waals surface area (Å²) in [5.74, 6) is 6.80. The molecule has 0 aliphatic carbocycles. The molecule has 0 radical (unpaired) electrons. The zero-order valence-corrected chi connectivity index (χ0v) is 16.5. The predicted molar refractivity (Wildman–Crippen MR) is 102 cm³/mol. The Morgan fingerprint density at radius 3 is 1.41 bits per heavy atom. The second-order valence-corrected chi connectivity index (χ2v) is 9.62. The summed E-state index contributed by atoms with van der Waals surface area (Å²) in [6, 6.07) is 4.49. The molecule has 118 valence electrons. The second-order valence-electron chi connectivity index (χ2n) is 8.06. The van der Waals surface area contributed by atoms with E-state index in [9.17, 15) is 0 Å². The maximum absolute atomic E-state index is 3.49. The average molecular weight is 312 g/mol. The summed E-state index contributed by atoms with van der Waals surface area (Å²) in [6.45, 7) is 19.4. The van der Waals surface area contributed by atoms with Gasteiger partial charge in [0.05, 0.1) is 7.92 Å². The molecule has 0 heterocycles. The molecule has 0 aliphatic rings. The Hall–Kier alpha value is -1.23. The van der Waals surface area contributed by atoms with Crippen molar-refractivity contribution in [2.75, 3.05) is 0 Å². The third-order valence-electron chi connectivity index (χ3n) is 2.94. The molecule has 0 atom stereocenters. The molecule has 0 aromatic heterocycles. The molecule has 0 N–H and O–H groups in total. The number of hydrogen-bond acceptors (Lipinski definition) is 0. The normalized spacial score (nSPS) is 11.5. The maximum Gasteiger partial charge on any atom is 0.0816 e. The smallest absolute Gasteiger partial charge is 0.0816 e. The second kappa shape index (κ2) is 6.90. The Kier molecular flexibility index (Phi) is 5.90. The van der Waals surface area contributed by atoms with E-state index in [2.05, 4.69) is 97.6 Å². The van der Waals surface area contributed by atoms with Crippen LogP contribution in [0.4, 0.5) is 0 Å². The Morgan fingerprint density at radius 2 is 1.09 bits per heavy atom. The molecular formula is C21H29P. The third kappa shape index (κ3) is 6.26. The predicted octanol–water partition coefficient (Wildman–Crippen LogP) is 5.73. The van der Waals surface area contributed by atoms with Gasteiger partial charge in [0.2, 0.25) is 0 Å². The highest BCUT2D eigenvalue weighted by Gasteiger charge is 2.15. The topological polar surface area (TPSA) is 0 Å². The van der Waals surface area contributed by atoms with Crippen LogP contribution in [-0.4, -0.2) is 0 Å². The van der Waals surface area contributed by atoms with Gasteiger partial charge in [-0.2, -0.15) is 0 Å². The van der Waals surface area contributed by atoms with Crippen LogP contribution >= 0.6 is 7.92 Å². The Balaban J connectivity index is 3.44. The van der Waals surface area contributed by atoms with Crippen LogP contribution in [0, 0.1) is 54.8 Å². The highest BCUT2D eigenvalue weighted by atomic mass is 31.1. The van der Waals surface area contributed by atoms with E-state index < -0.39 is 7.92 Å². The number of benzene rings is 1. The van der Waals surface area contributed by atoms with Gasteiger partial charge in [0, 0.05) is 16.1 Å². The van der Waals surface area contributed by atoms with E-state index in [-0.39, 0.29) is 10.8 Å². The molecule has 0 bridgehead atoms. The van der Waals surface area contributed by atoms with Gasteiger partial charge in [0.25, 0.3) is 0 Å². The van der Waals surface area contributed by atoms with Crippen molar-refractivity contribution >= 4 is 13.2 Å². The average Bonchev–Trinajstić information content (AvgIpc) is 2.28. The van der Waals surface area contributed by atoms with Crippen molar-refractivity contribution in [2.24, 2.45) is 10.8 Å². The van der Waals surface area contributed by atoms with Gasteiger partial charge in [-0.25, -0.2) is 0 Å². The Bertz CT molecular complexity index is 603. The minimum atomic E-state index is -0.761. The first kappa shape index (κ1) is 18.8. The molecule has 1 rings (SSSR count). The van der Waals surface area contributed by atoms with Gasteiger partial charge >= 0.3 is 0 Å². The lowest BCUT2D eigenvalue weighted by atomic mass is 9.99. The van der Waals surface area contributed by atoms with E-state index in [4.69, 9.17) is 0 Å². The minimum absolute atomic E-state index is 0.0104. The summed E-state index contributed by atoms with van der Waals surface area (Å²) in [4.78, 5) is 0. The van der Waals surface area contributed by atoms with Gasteiger partial charge in [0.1, 0.15) is 0 Å². The van der Waals surface area contributed by atoms with E-state index in [1.165, 1.54) is 22.0 Å². The molecule has 22 heavy (non-hydrogen) atoms. The van der Waals surface area contributed by atoms with Crippen LogP contribution in [-0.2, 0) is 0 Å². The highest BCUT2D eigenvalue weighted by molar-refractivity contribution is 7.75. The van der Waals surface area contributed by atoms with Gasteiger partial charge in [0.15, 0.2) is 0 Å². The zero-order valence-electron chi connectivity index (χ0n) is 15.6. The molecule has 0 aliphatic heterocycles. The van der Waals surface area contributed by atoms with Crippen molar-refractivity contribution < 1.29 is 0 Å². The molecular weight excluding hydrogens is 283 g/mol. The number of hydrogen-bond donors (Lipinski definition) is 0. The SMILES string of the molecule is Cc1cc(C)c(P(C#CC(C)(C)C)C#CC(C)(C)C)c(C)c1. The van der Waals surface area contributed by atoms with Crippen LogP contribution in [0.1, 0.15) is 58.2 Å². The fourth-order valence-electron chi connectivity index (χ4n) is 2.11. The van der Waals surface area contributed by atoms with Crippen molar-refractivity contribution in [3.8, 4) is 23.2 Å². The monoisotopic (exact) mass is 312 g/mol. The summed E-state index contributed by atoms with van der Waals surface area (Å²) in [5.41, 5.74) is 10.9. The molecule has 0 unspecified atom stereocenters. The molecule has 1 heteroatoms. The lowest BCUT2D eigenvalue weighted by Crippen LogP contribution is -2.10. The molecule has 0 fully saturated rings. The Morgan fingerprint density at radius 1 is 0.727 bits per heavy atom. The largest absolute Gasteiger partial charge is 0.0914 e. The molecule has 1 aromatic rings. The molecule has 1 aromatic carbocycles. The van der Waals surface area contributed by atoms with Gasteiger partial charge in [-0.15, -0.1) is 0 Å². The fraction of sp³-hybridized carbons (Fsp3) is 0.524. The van der Waals surface area contributed by atoms with E-state index in [0.29, 0.717) is 0 Å². The Labute approximate surface area is 138 Å². The van der Waals surface area contributed by atoms with Gasteiger partial charge in [-0.3, -0.25) is 0 Å². The number of rotatable bonds is 1. The first-order chi connectivity index (χ1) is 9.89. The molecule has 0 spiro atoms. The summed E-state index contributed by atoms with van der Waals surface area (Å²) in [6.07, 6.45) is 0. The molecule has 0 saturated heterocycles. The van der Waals surface area contributed by atoms with E-state index in [1.54, 1.807) is 0 Å². The molecule has 0 amide bonds. The standard InChI is InChI=1S/C21H29P/c1-16-14-17(2)19(18(3)15-16)22(12-10-20(4,5)6)13-11-21(7,8)9/h14-15H,1-9H3. The van der Waals surface area contributed by atoms with Crippen LogP contribution in [0.15, 0.2) is 12.1 Å². The van der Waals surface area contributed by atoms with Crippen LogP contribution in [0.3, 0.4) is 0 Å². The fourth-order valence-corrected chi connectivity index (χ4v) is 4.12. The van der Waals surface area contributed by atoms with Gasteiger partial charge in [-0.05, 0) is 73.4 Å². The minimum Gasteiger partial charge on any atom is -0.0914 e. The van der Waals surface area contributed by atoms with E-state index in [1.807, 2.05) is 0 Å².